The molecule has 0 N–H and O–H groups in total. The van der Waals surface area contributed by atoms with E-state index in [1.807, 2.05) is 11.6 Å². The highest BCUT2D eigenvalue weighted by Crippen LogP contribution is 2.31. The Kier molecular flexibility index (Phi) is 4.72. The molecule has 1 fully saturated rings. The van der Waals surface area contributed by atoms with Crippen LogP contribution >= 0.6 is 0 Å². The average molecular weight is 383 g/mol. The summed E-state index contributed by atoms with van der Waals surface area (Å²) in [5.41, 5.74) is 1.31. The molecule has 1 aliphatic heterocycles. The highest BCUT2D eigenvalue weighted by molar-refractivity contribution is 5.95. The van der Waals surface area contributed by atoms with Crippen LogP contribution in [0.2, 0.25) is 0 Å². The van der Waals surface area contributed by atoms with E-state index in [1.165, 1.54) is 0 Å². The average Bonchev–Trinajstić information content (AvgIpc) is 3.46. The van der Waals surface area contributed by atoms with Crippen molar-refractivity contribution in [2.75, 3.05) is 27.3 Å². The van der Waals surface area contributed by atoms with Gasteiger partial charge in [0.25, 0.3) is 11.8 Å². The van der Waals surface area contributed by atoms with Gasteiger partial charge < -0.3 is 23.4 Å². The van der Waals surface area contributed by atoms with Gasteiger partial charge in [-0.1, -0.05) is 0 Å². The molecule has 1 aliphatic rings. The van der Waals surface area contributed by atoms with Crippen LogP contribution in [0.15, 0.2) is 35.1 Å². The Hall–Kier alpha value is -3.36. The van der Waals surface area contributed by atoms with Crippen molar-refractivity contribution in [1.29, 1.82) is 0 Å². The van der Waals surface area contributed by atoms with Gasteiger partial charge in [0.1, 0.15) is 5.69 Å². The molecule has 0 radical (unpaired) electrons. The van der Waals surface area contributed by atoms with E-state index < -0.39 is 0 Å². The number of benzene rings is 1. The van der Waals surface area contributed by atoms with Gasteiger partial charge in [0, 0.05) is 25.7 Å². The first-order valence-electron chi connectivity index (χ1n) is 8.92. The molecule has 0 unspecified atom stereocenters. The predicted octanol–water partition coefficient (Wildman–Crippen LogP) is 2.12. The quantitative estimate of drug-likeness (QED) is 0.666. The minimum Gasteiger partial charge on any atom is -0.493 e. The summed E-state index contributed by atoms with van der Waals surface area (Å²) in [5, 5.41) is 8.30. The minimum absolute atomic E-state index is 0.0126. The highest BCUT2D eigenvalue weighted by atomic mass is 16.5. The first-order chi connectivity index (χ1) is 13.6. The summed E-state index contributed by atoms with van der Waals surface area (Å²) in [6.45, 7) is 1.15. The van der Waals surface area contributed by atoms with Crippen LogP contribution in [0.5, 0.6) is 11.5 Å². The third-order valence-electron chi connectivity index (χ3n) is 4.93. The van der Waals surface area contributed by atoms with Gasteiger partial charge in [-0.05, 0) is 24.6 Å². The summed E-state index contributed by atoms with van der Waals surface area (Å²) in [6, 6.07) is 5.17. The van der Waals surface area contributed by atoms with Crippen LogP contribution in [0.3, 0.4) is 0 Å². The van der Waals surface area contributed by atoms with Gasteiger partial charge in [-0.3, -0.25) is 4.79 Å². The van der Waals surface area contributed by atoms with Crippen LogP contribution in [-0.4, -0.2) is 57.9 Å². The number of rotatable bonds is 5. The van der Waals surface area contributed by atoms with E-state index in [4.69, 9.17) is 13.9 Å². The zero-order valence-electron chi connectivity index (χ0n) is 16.0. The fourth-order valence-corrected chi connectivity index (χ4v) is 3.36. The number of hydrogen-bond acceptors (Lipinski definition) is 7. The third kappa shape index (κ3) is 3.19. The number of nitrogens with zero attached hydrogens (tertiary/aromatic N) is 5. The fourth-order valence-electron chi connectivity index (χ4n) is 3.36. The van der Waals surface area contributed by atoms with Crippen LogP contribution in [-0.2, 0) is 7.05 Å². The van der Waals surface area contributed by atoms with E-state index in [2.05, 4.69) is 15.2 Å². The second-order valence-electron chi connectivity index (χ2n) is 6.64. The normalized spacial score (nSPS) is 16.4. The van der Waals surface area contributed by atoms with Crippen molar-refractivity contribution in [3.8, 4) is 23.1 Å². The van der Waals surface area contributed by atoms with Crippen LogP contribution in [0, 0.1) is 0 Å². The van der Waals surface area contributed by atoms with Crippen molar-refractivity contribution < 1.29 is 18.7 Å². The Bertz CT molecular complexity index is 996. The van der Waals surface area contributed by atoms with Crippen molar-refractivity contribution in [2.24, 2.45) is 7.05 Å². The summed E-state index contributed by atoms with van der Waals surface area (Å²) in [5.74, 6) is 2.04. The molecule has 9 heteroatoms. The lowest BCUT2D eigenvalue weighted by Crippen LogP contribution is -2.28. The molecule has 1 saturated heterocycles. The number of amides is 1. The largest absolute Gasteiger partial charge is 0.493 e. The molecular weight excluding hydrogens is 362 g/mol. The number of imidazole rings is 1. The van der Waals surface area contributed by atoms with Gasteiger partial charge in [0.15, 0.2) is 11.5 Å². The Morgan fingerprint density at radius 1 is 1.21 bits per heavy atom. The first-order valence-corrected chi connectivity index (χ1v) is 8.92. The Labute approximate surface area is 161 Å². The van der Waals surface area contributed by atoms with Gasteiger partial charge in [-0.15, -0.1) is 10.2 Å². The topological polar surface area (TPSA) is 95.5 Å². The maximum Gasteiger partial charge on any atom is 0.265 e. The summed E-state index contributed by atoms with van der Waals surface area (Å²) in [6.07, 6.45) is 4.13. The molecule has 1 aromatic carbocycles. The van der Waals surface area contributed by atoms with Gasteiger partial charge in [0.05, 0.1) is 32.7 Å². The smallest absolute Gasteiger partial charge is 0.265 e. The Balaban J connectivity index is 1.48. The Morgan fingerprint density at radius 2 is 2.04 bits per heavy atom. The van der Waals surface area contributed by atoms with E-state index >= 15 is 0 Å². The zero-order valence-corrected chi connectivity index (χ0v) is 16.0. The van der Waals surface area contributed by atoms with E-state index in [9.17, 15) is 4.79 Å². The molecule has 146 valence electrons. The van der Waals surface area contributed by atoms with Gasteiger partial charge in [-0.25, -0.2) is 4.98 Å². The molecule has 9 nitrogen and oxygen atoms in total. The van der Waals surface area contributed by atoms with E-state index in [1.54, 1.807) is 49.8 Å². The molecule has 1 amide bonds. The fraction of sp³-hybridized carbons (Fsp3) is 0.368. The van der Waals surface area contributed by atoms with Crippen molar-refractivity contribution in [1.82, 2.24) is 24.6 Å². The Morgan fingerprint density at radius 3 is 2.75 bits per heavy atom. The highest BCUT2D eigenvalue weighted by Gasteiger charge is 2.32. The SMILES string of the molecule is COc1ccc(C(=O)N2CC[C@H](c3nnc(-c4cncn4C)o3)C2)cc1OC. The van der Waals surface area contributed by atoms with Crippen LogP contribution in [0.1, 0.15) is 28.6 Å². The lowest BCUT2D eigenvalue weighted by atomic mass is 10.1. The predicted molar refractivity (Wildman–Crippen MR) is 99.3 cm³/mol. The van der Waals surface area contributed by atoms with Crippen molar-refractivity contribution >= 4 is 5.91 Å². The second kappa shape index (κ2) is 7.34. The number of aryl methyl sites for hydroxylation is 1. The summed E-state index contributed by atoms with van der Waals surface area (Å²) in [7, 11) is 4.98. The molecule has 0 saturated carbocycles. The summed E-state index contributed by atoms with van der Waals surface area (Å²) < 4.78 is 18.2. The molecule has 0 aliphatic carbocycles. The second-order valence-corrected chi connectivity index (χ2v) is 6.64. The molecule has 0 spiro atoms. The maximum atomic E-state index is 12.9. The van der Waals surface area contributed by atoms with Gasteiger partial charge >= 0.3 is 0 Å². The summed E-state index contributed by atoms with van der Waals surface area (Å²) >= 11 is 0. The molecule has 1 atom stereocenters. The van der Waals surface area contributed by atoms with Crippen LogP contribution < -0.4 is 9.47 Å². The molecule has 3 aromatic rings. The van der Waals surface area contributed by atoms with Crippen LogP contribution in [0.25, 0.3) is 11.6 Å². The standard InChI is InChI=1S/C19H21N5O4/c1-23-11-20-9-14(23)18-22-21-17(28-18)13-6-7-24(10-13)19(25)12-4-5-15(26-2)16(8-12)27-3/h4-5,8-9,11,13H,6-7,10H2,1-3H3/t13-/m0/s1. The van der Waals surface area contributed by atoms with E-state index in [0.717, 1.165) is 12.1 Å². The lowest BCUT2D eigenvalue weighted by molar-refractivity contribution is 0.0789. The number of carbonyl (C=O) groups is 1. The van der Waals surface area contributed by atoms with E-state index in [0.29, 0.717) is 41.9 Å². The number of aromatic nitrogens is 4. The maximum absolute atomic E-state index is 12.9. The number of methoxy groups -OCH3 is 2. The molecular formula is C19H21N5O4. The number of hydrogen-bond donors (Lipinski definition) is 0. The number of likely N-dealkylation sites (tertiary alicyclic amines) is 1. The van der Waals surface area contributed by atoms with Crippen molar-refractivity contribution in [2.45, 2.75) is 12.3 Å². The van der Waals surface area contributed by atoms with Crippen molar-refractivity contribution in [3.05, 3.63) is 42.2 Å². The zero-order chi connectivity index (χ0) is 19.7. The van der Waals surface area contributed by atoms with E-state index in [-0.39, 0.29) is 11.8 Å². The molecule has 0 bridgehead atoms. The van der Waals surface area contributed by atoms with Crippen LogP contribution in [0.4, 0.5) is 0 Å². The van der Waals surface area contributed by atoms with Crippen molar-refractivity contribution in [3.63, 3.8) is 0 Å². The first kappa shape index (κ1) is 18.0. The summed E-state index contributed by atoms with van der Waals surface area (Å²) in [4.78, 5) is 18.7. The number of ether oxygens (including phenoxy) is 2. The molecule has 3 heterocycles. The molecule has 4 rings (SSSR count). The monoisotopic (exact) mass is 383 g/mol. The number of carbonyl (C=O) groups excluding carboxylic acids is 1. The minimum atomic E-state index is -0.0603. The third-order valence-corrected chi connectivity index (χ3v) is 4.93. The van der Waals surface area contributed by atoms with Gasteiger partial charge in [-0.2, -0.15) is 0 Å². The lowest BCUT2D eigenvalue weighted by Gasteiger charge is -2.17. The molecule has 28 heavy (non-hydrogen) atoms. The van der Waals surface area contributed by atoms with Gasteiger partial charge in [0.2, 0.25) is 5.89 Å². The molecule has 2 aromatic heterocycles.